The van der Waals surface area contributed by atoms with Crippen LogP contribution in [0, 0.1) is 0 Å². The molecular formula is C18H27N3OS2. The average Bonchev–Trinajstić information content (AvgIpc) is 2.92. The van der Waals surface area contributed by atoms with Crippen molar-refractivity contribution in [1.82, 2.24) is 9.97 Å². The van der Waals surface area contributed by atoms with Crippen LogP contribution in [0.3, 0.4) is 0 Å². The van der Waals surface area contributed by atoms with Crippen molar-refractivity contribution in [3.05, 3.63) is 10.4 Å². The number of ether oxygens (including phenoxy) is 1. The first kappa shape index (κ1) is 18.0. The zero-order valence-corrected chi connectivity index (χ0v) is 16.5. The molecule has 0 aliphatic carbocycles. The summed E-state index contributed by atoms with van der Waals surface area (Å²) >= 11 is 3.44. The summed E-state index contributed by atoms with van der Waals surface area (Å²) < 4.78 is 6.06. The monoisotopic (exact) mass is 365 g/mol. The number of anilines is 1. The Labute approximate surface area is 152 Å². The van der Waals surface area contributed by atoms with Crippen LogP contribution in [0.25, 0.3) is 10.2 Å². The molecule has 3 heterocycles. The van der Waals surface area contributed by atoms with Gasteiger partial charge in [0.05, 0.1) is 17.6 Å². The molecule has 0 aromatic carbocycles. The maximum atomic E-state index is 6.31. The first-order valence-electron chi connectivity index (χ1n) is 8.91. The smallest absolute Gasteiger partial charge is 0.190 e. The minimum absolute atomic E-state index is 0.0971. The third-order valence-electron chi connectivity index (χ3n) is 4.82. The van der Waals surface area contributed by atoms with Gasteiger partial charge in [-0.05, 0) is 25.3 Å². The zero-order valence-electron chi connectivity index (χ0n) is 14.9. The number of thioether (sulfide) groups is 1. The van der Waals surface area contributed by atoms with Gasteiger partial charge in [-0.1, -0.05) is 44.9 Å². The van der Waals surface area contributed by atoms with E-state index >= 15 is 0 Å². The molecule has 0 fully saturated rings. The van der Waals surface area contributed by atoms with E-state index in [1.807, 2.05) is 0 Å². The highest BCUT2D eigenvalue weighted by Gasteiger charge is 2.32. The number of aromatic nitrogens is 2. The molecule has 1 atom stereocenters. The molecular weight excluding hydrogens is 338 g/mol. The number of hydrogen-bond acceptors (Lipinski definition) is 6. The van der Waals surface area contributed by atoms with Gasteiger partial charge in [0.15, 0.2) is 5.16 Å². The van der Waals surface area contributed by atoms with E-state index < -0.39 is 0 Å². The fourth-order valence-corrected chi connectivity index (χ4v) is 5.08. The van der Waals surface area contributed by atoms with E-state index in [-0.39, 0.29) is 5.60 Å². The van der Waals surface area contributed by atoms with Gasteiger partial charge in [-0.25, -0.2) is 9.97 Å². The molecule has 1 aliphatic rings. The standard InChI is InChI=1S/C18H27N3OS2/c1-4-6-7-8-9-23-17-20-15(19)14-12-10-18(3,5-2)22-11-13(12)24-16(14)21-17/h4-11H2,1-3H3,(H2,19,20,21)/t18-/m1/s1. The van der Waals surface area contributed by atoms with E-state index in [1.54, 1.807) is 23.1 Å². The van der Waals surface area contributed by atoms with Crippen molar-refractivity contribution in [1.29, 1.82) is 0 Å². The van der Waals surface area contributed by atoms with E-state index in [9.17, 15) is 0 Å². The number of unbranched alkanes of at least 4 members (excludes halogenated alkanes) is 3. The Hall–Kier alpha value is -0.850. The molecule has 24 heavy (non-hydrogen) atoms. The van der Waals surface area contributed by atoms with Crippen LogP contribution in [-0.4, -0.2) is 21.3 Å². The number of fused-ring (bicyclic) bond motifs is 3. The Morgan fingerprint density at radius 2 is 2.08 bits per heavy atom. The summed E-state index contributed by atoms with van der Waals surface area (Å²) in [6.45, 7) is 7.25. The van der Waals surface area contributed by atoms with Gasteiger partial charge in [0.2, 0.25) is 0 Å². The summed E-state index contributed by atoms with van der Waals surface area (Å²) in [5, 5.41) is 1.88. The Morgan fingerprint density at radius 3 is 2.83 bits per heavy atom. The summed E-state index contributed by atoms with van der Waals surface area (Å²) in [6.07, 6.45) is 6.95. The van der Waals surface area contributed by atoms with Crippen molar-refractivity contribution in [3.8, 4) is 0 Å². The molecule has 2 aromatic rings. The third kappa shape index (κ3) is 3.70. The Bertz CT molecular complexity index is 716. The lowest BCUT2D eigenvalue weighted by atomic mass is 9.90. The second-order valence-corrected chi connectivity index (χ2v) is 8.90. The molecule has 0 bridgehead atoms. The predicted molar refractivity (Wildman–Crippen MR) is 104 cm³/mol. The fraction of sp³-hybridized carbons (Fsp3) is 0.667. The summed E-state index contributed by atoms with van der Waals surface area (Å²) in [5.74, 6) is 1.70. The number of thiophene rings is 1. The minimum Gasteiger partial charge on any atom is -0.383 e. The van der Waals surface area contributed by atoms with E-state index in [4.69, 9.17) is 15.5 Å². The van der Waals surface area contributed by atoms with E-state index in [2.05, 4.69) is 25.8 Å². The average molecular weight is 366 g/mol. The maximum absolute atomic E-state index is 6.31. The lowest BCUT2D eigenvalue weighted by molar-refractivity contribution is -0.0542. The second-order valence-electron chi connectivity index (χ2n) is 6.75. The molecule has 3 rings (SSSR count). The highest BCUT2D eigenvalue weighted by atomic mass is 32.2. The molecule has 2 aromatic heterocycles. The van der Waals surface area contributed by atoms with Gasteiger partial charge in [0, 0.05) is 17.1 Å². The quantitative estimate of drug-likeness (QED) is 0.416. The third-order valence-corrected chi connectivity index (χ3v) is 6.85. The molecule has 0 saturated carbocycles. The number of rotatable bonds is 7. The molecule has 2 N–H and O–H groups in total. The number of hydrogen-bond donors (Lipinski definition) is 1. The van der Waals surface area contributed by atoms with Gasteiger partial charge in [-0.15, -0.1) is 11.3 Å². The molecule has 132 valence electrons. The molecule has 0 radical (unpaired) electrons. The number of nitrogens with two attached hydrogens (primary N) is 1. The first-order chi connectivity index (χ1) is 11.6. The van der Waals surface area contributed by atoms with Crippen molar-refractivity contribution in [2.24, 2.45) is 0 Å². The van der Waals surface area contributed by atoms with Gasteiger partial charge >= 0.3 is 0 Å². The lowest BCUT2D eigenvalue weighted by Gasteiger charge is -2.33. The van der Waals surface area contributed by atoms with Gasteiger partial charge in [0.25, 0.3) is 0 Å². The van der Waals surface area contributed by atoms with E-state index in [0.29, 0.717) is 12.4 Å². The first-order valence-corrected chi connectivity index (χ1v) is 10.7. The van der Waals surface area contributed by atoms with Gasteiger partial charge in [-0.3, -0.25) is 0 Å². The maximum Gasteiger partial charge on any atom is 0.190 e. The molecule has 6 heteroatoms. The van der Waals surface area contributed by atoms with Crippen molar-refractivity contribution in [2.75, 3.05) is 11.5 Å². The van der Waals surface area contributed by atoms with E-state index in [1.165, 1.54) is 36.1 Å². The Kier molecular flexibility index (Phi) is 5.67. The number of nitrogens with zero attached hydrogens (tertiary/aromatic N) is 2. The van der Waals surface area contributed by atoms with Crippen LogP contribution in [0.2, 0.25) is 0 Å². The summed E-state index contributed by atoms with van der Waals surface area (Å²) in [4.78, 5) is 11.6. The fourth-order valence-electron chi connectivity index (χ4n) is 3.06. The Morgan fingerprint density at radius 1 is 1.25 bits per heavy atom. The normalized spacial score (nSPS) is 20.5. The summed E-state index contributed by atoms with van der Waals surface area (Å²) in [5.41, 5.74) is 7.52. The summed E-state index contributed by atoms with van der Waals surface area (Å²) in [6, 6.07) is 0. The van der Waals surface area contributed by atoms with Gasteiger partial charge in [0.1, 0.15) is 10.6 Å². The van der Waals surface area contributed by atoms with Gasteiger partial charge < -0.3 is 10.5 Å². The predicted octanol–water partition coefficient (Wildman–Crippen LogP) is 5.19. The van der Waals surface area contributed by atoms with Crippen LogP contribution in [-0.2, 0) is 17.8 Å². The van der Waals surface area contributed by atoms with Gasteiger partial charge in [-0.2, -0.15) is 0 Å². The highest BCUT2D eigenvalue weighted by Crippen LogP contribution is 2.41. The molecule has 0 amide bonds. The Balaban J connectivity index is 1.81. The van der Waals surface area contributed by atoms with E-state index in [0.717, 1.165) is 34.0 Å². The SMILES string of the molecule is CCCCCCSc1nc(N)c2c3c(sc2n1)CO[C@](C)(CC)C3. The lowest BCUT2D eigenvalue weighted by Crippen LogP contribution is -2.33. The molecule has 0 spiro atoms. The van der Waals surface area contributed by atoms with Crippen molar-refractivity contribution in [3.63, 3.8) is 0 Å². The number of nitrogen functional groups attached to an aromatic ring is 1. The van der Waals surface area contributed by atoms with Crippen LogP contribution in [0.15, 0.2) is 5.16 Å². The van der Waals surface area contributed by atoms with Crippen LogP contribution in [0.5, 0.6) is 0 Å². The van der Waals surface area contributed by atoms with Crippen LogP contribution < -0.4 is 5.73 Å². The largest absolute Gasteiger partial charge is 0.383 e. The van der Waals surface area contributed by atoms with Crippen molar-refractivity contribution >= 4 is 39.1 Å². The van der Waals surface area contributed by atoms with Crippen molar-refractivity contribution in [2.45, 2.75) is 76.7 Å². The molecule has 1 aliphatic heterocycles. The van der Waals surface area contributed by atoms with Crippen molar-refractivity contribution < 1.29 is 4.74 Å². The molecule has 0 saturated heterocycles. The molecule has 0 unspecified atom stereocenters. The highest BCUT2D eigenvalue weighted by molar-refractivity contribution is 7.99. The van der Waals surface area contributed by atoms with Crippen LogP contribution in [0.4, 0.5) is 5.82 Å². The summed E-state index contributed by atoms with van der Waals surface area (Å²) in [7, 11) is 0. The zero-order chi connectivity index (χ0) is 17.2. The van der Waals surface area contributed by atoms with Crippen LogP contribution in [0.1, 0.15) is 63.3 Å². The van der Waals surface area contributed by atoms with Crippen LogP contribution >= 0.6 is 23.1 Å². The minimum atomic E-state index is -0.0971. The molecule has 4 nitrogen and oxygen atoms in total. The second kappa shape index (κ2) is 7.58. The topological polar surface area (TPSA) is 61.0 Å².